The zero-order valence-corrected chi connectivity index (χ0v) is 6.50. The molecule has 0 aromatic heterocycles. The van der Waals surface area contributed by atoms with E-state index in [9.17, 15) is 0 Å². The van der Waals surface area contributed by atoms with Crippen LogP contribution in [0.4, 0.5) is 0 Å². The summed E-state index contributed by atoms with van der Waals surface area (Å²) in [6.45, 7) is 3.76. The van der Waals surface area contributed by atoms with Crippen LogP contribution in [0.25, 0.3) is 0 Å². The highest BCUT2D eigenvalue weighted by Gasteiger charge is 2.13. The van der Waals surface area contributed by atoms with Crippen LogP contribution in [0.3, 0.4) is 0 Å². The van der Waals surface area contributed by atoms with Crippen LogP contribution in [0.5, 0.6) is 0 Å². The van der Waals surface area contributed by atoms with E-state index in [4.69, 9.17) is 5.73 Å². The summed E-state index contributed by atoms with van der Waals surface area (Å²) in [6.07, 6.45) is -0.252. The van der Waals surface area contributed by atoms with Crippen molar-refractivity contribution in [2.75, 3.05) is 7.05 Å². The average molecular weight is 140 g/mol. The molecule has 1 aliphatic heterocycles. The van der Waals surface area contributed by atoms with Gasteiger partial charge in [-0.3, -0.25) is 5.73 Å². The van der Waals surface area contributed by atoms with Crippen LogP contribution in [0, 0.1) is 0 Å². The first-order valence-corrected chi connectivity index (χ1v) is 3.19. The Bertz CT molecular complexity index is 194. The molecule has 0 spiro atoms. The third kappa shape index (κ3) is 1.16. The lowest BCUT2D eigenvalue weighted by molar-refractivity contribution is 0.379. The summed E-state index contributed by atoms with van der Waals surface area (Å²) in [5.41, 5.74) is 5.62. The molecule has 0 bridgehead atoms. The van der Waals surface area contributed by atoms with E-state index in [1.807, 2.05) is 25.8 Å². The highest BCUT2D eigenvalue weighted by molar-refractivity contribution is 5.96. The van der Waals surface area contributed by atoms with Crippen molar-refractivity contribution in [2.45, 2.75) is 20.1 Å². The van der Waals surface area contributed by atoms with Crippen molar-refractivity contribution in [1.82, 2.24) is 4.90 Å². The van der Waals surface area contributed by atoms with Crippen LogP contribution >= 0.6 is 0 Å². The molecule has 0 fully saturated rings. The zero-order chi connectivity index (χ0) is 7.72. The van der Waals surface area contributed by atoms with Gasteiger partial charge in [-0.2, -0.15) is 0 Å². The summed E-state index contributed by atoms with van der Waals surface area (Å²) in [7, 11) is 1.87. The van der Waals surface area contributed by atoms with Crippen molar-refractivity contribution in [1.29, 1.82) is 0 Å². The molecule has 1 rings (SSSR count). The molecule has 10 heavy (non-hydrogen) atoms. The lowest BCUT2D eigenvalue weighted by Crippen LogP contribution is -2.43. The monoisotopic (exact) mass is 140 g/mol. The van der Waals surface area contributed by atoms with E-state index in [-0.39, 0.29) is 6.29 Å². The van der Waals surface area contributed by atoms with E-state index < -0.39 is 0 Å². The van der Waals surface area contributed by atoms with E-state index in [0.717, 1.165) is 11.7 Å². The Balaban J connectivity index is 2.85. The summed E-state index contributed by atoms with van der Waals surface area (Å²) in [5.74, 6) is 1.67. The van der Waals surface area contributed by atoms with E-state index in [1.165, 1.54) is 0 Å². The van der Waals surface area contributed by atoms with Gasteiger partial charge in [0.1, 0.15) is 11.7 Å². The molecular formula is C6H12N4. The second-order valence-corrected chi connectivity index (χ2v) is 2.36. The summed E-state index contributed by atoms with van der Waals surface area (Å²) in [6, 6.07) is 0. The highest BCUT2D eigenvalue weighted by Crippen LogP contribution is 2.01. The highest BCUT2D eigenvalue weighted by atomic mass is 15.4. The second kappa shape index (κ2) is 2.38. The minimum atomic E-state index is -0.252. The SMILES string of the molecule is CC1=NC(N)N(C)C(C)=N1. The number of hydrogen-bond acceptors (Lipinski definition) is 4. The Hall–Kier alpha value is -0.900. The van der Waals surface area contributed by atoms with Crippen LogP contribution in [0.2, 0.25) is 0 Å². The van der Waals surface area contributed by atoms with Crippen molar-refractivity contribution < 1.29 is 0 Å². The largest absolute Gasteiger partial charge is 0.329 e. The standard InChI is InChI=1S/C6H12N4/c1-4-8-5(2)10(3)6(7)9-4/h6H,7H2,1-3H3. The molecule has 0 radical (unpaired) electrons. The van der Waals surface area contributed by atoms with E-state index >= 15 is 0 Å². The fourth-order valence-electron chi connectivity index (χ4n) is 0.811. The molecule has 0 aromatic carbocycles. The van der Waals surface area contributed by atoms with Crippen LogP contribution in [-0.4, -0.2) is 29.9 Å². The van der Waals surface area contributed by atoms with Crippen LogP contribution in [0.1, 0.15) is 13.8 Å². The molecule has 0 aliphatic carbocycles. The van der Waals surface area contributed by atoms with Crippen LogP contribution < -0.4 is 5.73 Å². The lowest BCUT2D eigenvalue weighted by atomic mass is 10.5. The molecule has 1 atom stereocenters. The molecule has 0 saturated carbocycles. The van der Waals surface area contributed by atoms with Gasteiger partial charge in [0.2, 0.25) is 0 Å². The zero-order valence-electron chi connectivity index (χ0n) is 6.50. The summed E-state index contributed by atoms with van der Waals surface area (Å²) in [4.78, 5) is 10.0. The van der Waals surface area contributed by atoms with E-state index in [0.29, 0.717) is 0 Å². The summed E-state index contributed by atoms with van der Waals surface area (Å²) in [5, 5.41) is 0. The molecule has 2 N–H and O–H groups in total. The van der Waals surface area contributed by atoms with Crippen LogP contribution in [0.15, 0.2) is 9.98 Å². The van der Waals surface area contributed by atoms with Gasteiger partial charge in [0, 0.05) is 7.05 Å². The van der Waals surface area contributed by atoms with Gasteiger partial charge in [-0.05, 0) is 13.8 Å². The van der Waals surface area contributed by atoms with Crippen molar-refractivity contribution in [3.8, 4) is 0 Å². The summed E-state index contributed by atoms with van der Waals surface area (Å²) >= 11 is 0. The molecule has 0 amide bonds. The van der Waals surface area contributed by atoms with Gasteiger partial charge in [-0.25, -0.2) is 9.98 Å². The smallest absolute Gasteiger partial charge is 0.176 e. The molecule has 56 valence electrons. The molecule has 4 nitrogen and oxygen atoms in total. The normalized spacial score (nSPS) is 26.0. The van der Waals surface area contributed by atoms with E-state index in [1.54, 1.807) is 0 Å². The molecule has 4 heteroatoms. The second-order valence-electron chi connectivity index (χ2n) is 2.36. The van der Waals surface area contributed by atoms with Crippen LogP contribution in [-0.2, 0) is 0 Å². The quantitative estimate of drug-likeness (QED) is 0.515. The first-order valence-electron chi connectivity index (χ1n) is 3.19. The number of aliphatic imine (C=N–C) groups is 2. The number of amidine groups is 2. The molecule has 1 aliphatic rings. The van der Waals surface area contributed by atoms with Gasteiger partial charge in [-0.1, -0.05) is 0 Å². The van der Waals surface area contributed by atoms with Gasteiger partial charge in [-0.15, -0.1) is 0 Å². The maximum Gasteiger partial charge on any atom is 0.176 e. The Labute approximate surface area is 60.4 Å². The predicted octanol–water partition coefficient (Wildman–Crippen LogP) is 0.0109. The number of rotatable bonds is 0. The Morgan fingerprint density at radius 3 is 2.60 bits per heavy atom. The molecule has 0 saturated heterocycles. The van der Waals surface area contributed by atoms with Gasteiger partial charge >= 0.3 is 0 Å². The Kier molecular flexibility index (Phi) is 1.72. The minimum absolute atomic E-state index is 0.252. The fourth-order valence-corrected chi connectivity index (χ4v) is 0.811. The minimum Gasteiger partial charge on any atom is -0.329 e. The predicted molar refractivity (Wildman–Crippen MR) is 42.0 cm³/mol. The number of hydrogen-bond donors (Lipinski definition) is 1. The van der Waals surface area contributed by atoms with Crippen molar-refractivity contribution in [3.05, 3.63) is 0 Å². The Morgan fingerprint density at radius 2 is 2.10 bits per heavy atom. The molecule has 0 aromatic rings. The third-order valence-corrected chi connectivity index (χ3v) is 1.55. The maximum atomic E-state index is 5.62. The van der Waals surface area contributed by atoms with E-state index in [2.05, 4.69) is 9.98 Å². The van der Waals surface area contributed by atoms with Gasteiger partial charge in [0.15, 0.2) is 6.29 Å². The number of nitrogens with two attached hydrogens (primary N) is 1. The first-order chi connectivity index (χ1) is 4.61. The fraction of sp³-hybridized carbons (Fsp3) is 0.667. The third-order valence-electron chi connectivity index (χ3n) is 1.55. The van der Waals surface area contributed by atoms with Crippen molar-refractivity contribution >= 4 is 11.7 Å². The summed E-state index contributed by atoms with van der Waals surface area (Å²) < 4.78 is 0. The molecular weight excluding hydrogens is 128 g/mol. The Morgan fingerprint density at radius 1 is 1.50 bits per heavy atom. The van der Waals surface area contributed by atoms with Gasteiger partial charge < -0.3 is 4.90 Å². The molecule has 1 unspecified atom stereocenters. The lowest BCUT2D eigenvalue weighted by Gasteiger charge is -2.26. The van der Waals surface area contributed by atoms with Gasteiger partial charge in [0.05, 0.1) is 0 Å². The maximum absolute atomic E-state index is 5.62. The molecule has 1 heterocycles. The van der Waals surface area contributed by atoms with Crippen molar-refractivity contribution in [3.63, 3.8) is 0 Å². The topological polar surface area (TPSA) is 54.0 Å². The first kappa shape index (κ1) is 7.21. The number of nitrogens with zero attached hydrogens (tertiary/aromatic N) is 3. The van der Waals surface area contributed by atoms with Crippen molar-refractivity contribution in [2.24, 2.45) is 15.7 Å². The average Bonchev–Trinajstić information content (AvgIpc) is 1.82. The van der Waals surface area contributed by atoms with Gasteiger partial charge in [0.25, 0.3) is 0 Å².